The molecule has 0 aromatic heterocycles. The predicted molar refractivity (Wildman–Crippen MR) is 95.3 cm³/mol. The molecule has 0 spiro atoms. The van der Waals surface area contributed by atoms with Crippen LogP contribution in [-0.2, 0) is 16.0 Å². The zero-order chi connectivity index (χ0) is 20.3. The first-order chi connectivity index (χ1) is 12.7. The number of carbonyl (C=O) groups is 1. The van der Waals surface area contributed by atoms with E-state index < -0.39 is 30.9 Å². The Bertz CT molecular complexity index is 588. The minimum atomic E-state index is -4.35. The van der Waals surface area contributed by atoms with E-state index in [4.69, 9.17) is 10.5 Å². The molecule has 0 amide bonds. The van der Waals surface area contributed by atoms with E-state index in [9.17, 15) is 23.1 Å². The van der Waals surface area contributed by atoms with Crippen LogP contribution in [0.2, 0.25) is 0 Å². The zero-order valence-corrected chi connectivity index (χ0v) is 15.2. The van der Waals surface area contributed by atoms with Gasteiger partial charge in [-0.05, 0) is 50.3 Å². The van der Waals surface area contributed by atoms with Crippen LogP contribution in [-0.4, -0.2) is 42.6 Å². The van der Waals surface area contributed by atoms with E-state index in [-0.39, 0.29) is 12.4 Å². The van der Waals surface area contributed by atoms with Gasteiger partial charge < -0.3 is 20.3 Å². The van der Waals surface area contributed by atoms with Gasteiger partial charge in [-0.15, -0.1) is 0 Å². The highest BCUT2D eigenvalue weighted by molar-refractivity contribution is 5.76. The van der Waals surface area contributed by atoms with Crippen molar-refractivity contribution < 1.29 is 32.5 Å². The van der Waals surface area contributed by atoms with Gasteiger partial charge in [0.05, 0.1) is 12.7 Å². The summed E-state index contributed by atoms with van der Waals surface area (Å²) in [7, 11) is 0. The lowest BCUT2D eigenvalue weighted by Crippen LogP contribution is -2.42. The lowest BCUT2D eigenvalue weighted by molar-refractivity contribution is -0.153. The molecular formula is C19H26F3NO4. The molecular weight excluding hydrogens is 363 g/mol. The molecule has 2 atom stereocenters. The number of ether oxygens (including phenoxy) is 2. The molecule has 0 saturated carbocycles. The molecule has 0 aliphatic rings. The van der Waals surface area contributed by atoms with E-state index in [1.165, 1.54) is 12.1 Å². The third kappa shape index (κ3) is 10.0. The Labute approximate surface area is 157 Å². The van der Waals surface area contributed by atoms with E-state index >= 15 is 0 Å². The van der Waals surface area contributed by atoms with E-state index in [1.54, 1.807) is 19.1 Å². The van der Waals surface area contributed by atoms with Gasteiger partial charge in [-0.2, -0.15) is 13.2 Å². The molecule has 1 aromatic rings. The highest BCUT2D eigenvalue weighted by atomic mass is 19.4. The van der Waals surface area contributed by atoms with Gasteiger partial charge in [0.25, 0.3) is 0 Å². The minimum absolute atomic E-state index is 0.179. The van der Waals surface area contributed by atoms with Gasteiger partial charge in [-0.1, -0.05) is 24.3 Å². The Kier molecular flexibility index (Phi) is 9.88. The first-order valence-electron chi connectivity index (χ1n) is 8.76. The van der Waals surface area contributed by atoms with Crippen LogP contribution in [0.4, 0.5) is 13.2 Å². The Morgan fingerprint density at radius 2 is 1.85 bits per heavy atom. The van der Waals surface area contributed by atoms with Gasteiger partial charge in [-0.25, -0.2) is 0 Å². The van der Waals surface area contributed by atoms with Crippen molar-refractivity contribution in [3.05, 3.63) is 42.0 Å². The first kappa shape index (κ1) is 23.0. The third-order valence-electron chi connectivity index (χ3n) is 3.69. The van der Waals surface area contributed by atoms with Crippen LogP contribution in [0.3, 0.4) is 0 Å². The topological polar surface area (TPSA) is 81.8 Å². The Morgan fingerprint density at radius 3 is 2.44 bits per heavy atom. The van der Waals surface area contributed by atoms with Crippen molar-refractivity contribution in [1.82, 2.24) is 0 Å². The number of hydrogen-bond donors (Lipinski definition) is 2. The Morgan fingerprint density at radius 1 is 1.22 bits per heavy atom. The molecule has 0 heterocycles. The number of halogens is 3. The average Bonchev–Trinajstić information content (AvgIpc) is 2.62. The average molecular weight is 389 g/mol. The maximum Gasteiger partial charge on any atom is 0.422 e. The smallest absolute Gasteiger partial charge is 0.422 e. The van der Waals surface area contributed by atoms with Crippen LogP contribution < -0.4 is 10.5 Å². The summed E-state index contributed by atoms with van der Waals surface area (Å²) in [6.45, 7) is 0.582. The molecule has 27 heavy (non-hydrogen) atoms. The summed E-state index contributed by atoms with van der Waals surface area (Å²) in [6, 6.07) is 5.43. The molecule has 152 valence electrons. The summed E-state index contributed by atoms with van der Waals surface area (Å²) in [5.41, 5.74) is 6.58. The fourth-order valence-electron chi connectivity index (χ4n) is 2.25. The van der Waals surface area contributed by atoms with Gasteiger partial charge in [0.15, 0.2) is 6.61 Å². The second-order valence-corrected chi connectivity index (χ2v) is 5.98. The van der Waals surface area contributed by atoms with Crippen LogP contribution >= 0.6 is 0 Å². The number of hydrogen-bond acceptors (Lipinski definition) is 5. The van der Waals surface area contributed by atoms with Crippen molar-refractivity contribution in [2.75, 3.05) is 13.2 Å². The van der Waals surface area contributed by atoms with Crippen molar-refractivity contribution >= 4 is 5.97 Å². The first-order valence-corrected chi connectivity index (χ1v) is 8.76. The number of benzene rings is 1. The number of aliphatic hydroxyl groups excluding tert-OH is 1. The monoisotopic (exact) mass is 389 g/mol. The van der Waals surface area contributed by atoms with Gasteiger partial charge in [0.2, 0.25) is 0 Å². The molecule has 0 bridgehead atoms. The van der Waals surface area contributed by atoms with Crippen molar-refractivity contribution in [1.29, 1.82) is 0 Å². The van der Waals surface area contributed by atoms with Crippen molar-refractivity contribution in [2.45, 2.75) is 50.9 Å². The second-order valence-electron chi connectivity index (χ2n) is 5.98. The Hall–Kier alpha value is -2.06. The third-order valence-corrected chi connectivity index (χ3v) is 3.69. The number of esters is 1. The lowest BCUT2D eigenvalue weighted by Gasteiger charge is -2.16. The normalized spacial score (nSPS) is 14.1. The molecule has 8 heteroatoms. The minimum Gasteiger partial charge on any atom is -0.484 e. The van der Waals surface area contributed by atoms with E-state index in [1.807, 2.05) is 12.2 Å². The van der Waals surface area contributed by atoms with Crippen LogP contribution in [0, 0.1) is 0 Å². The van der Waals surface area contributed by atoms with Crippen LogP contribution in [0.5, 0.6) is 5.75 Å². The van der Waals surface area contributed by atoms with Crippen molar-refractivity contribution in [3.8, 4) is 5.75 Å². The molecule has 0 radical (unpaired) electrons. The maximum atomic E-state index is 12.1. The molecule has 0 aliphatic carbocycles. The van der Waals surface area contributed by atoms with Crippen LogP contribution in [0.25, 0.3) is 0 Å². The zero-order valence-electron chi connectivity index (χ0n) is 15.2. The largest absolute Gasteiger partial charge is 0.484 e. The van der Waals surface area contributed by atoms with Gasteiger partial charge in [0, 0.05) is 0 Å². The number of allylic oxidation sites excluding steroid dienone is 2. The molecule has 1 rings (SSSR count). The highest BCUT2D eigenvalue weighted by Crippen LogP contribution is 2.19. The number of alkyl halides is 3. The summed E-state index contributed by atoms with van der Waals surface area (Å²) in [6.07, 6.45) is 0.901. The SMILES string of the molecule is CCOC(=O)C(N)C(O)CC/C=C/CCc1ccc(OCC(F)(F)F)cc1. The lowest BCUT2D eigenvalue weighted by atomic mass is 10.1. The predicted octanol–water partition coefficient (Wildman–Crippen LogP) is 3.15. The fourth-order valence-corrected chi connectivity index (χ4v) is 2.25. The molecule has 2 unspecified atom stereocenters. The number of rotatable bonds is 11. The highest BCUT2D eigenvalue weighted by Gasteiger charge is 2.28. The van der Waals surface area contributed by atoms with E-state index in [0.717, 1.165) is 18.4 Å². The standard InChI is InChI=1S/C19H26F3NO4/c1-2-26-18(25)17(23)16(24)8-6-4-3-5-7-14-9-11-15(12-10-14)27-13-19(20,21)22/h3-4,9-12,16-17,24H,2,5-8,13,23H2,1H3/b4-3+. The molecule has 5 nitrogen and oxygen atoms in total. The van der Waals surface area contributed by atoms with Gasteiger partial charge in [0.1, 0.15) is 11.8 Å². The van der Waals surface area contributed by atoms with E-state index in [2.05, 4.69) is 4.74 Å². The molecule has 0 saturated heterocycles. The van der Waals surface area contributed by atoms with Crippen molar-refractivity contribution in [2.24, 2.45) is 5.73 Å². The van der Waals surface area contributed by atoms with Gasteiger partial charge in [-0.3, -0.25) is 4.79 Å². The summed E-state index contributed by atoms with van der Waals surface area (Å²) in [5, 5.41) is 9.83. The maximum absolute atomic E-state index is 12.1. The van der Waals surface area contributed by atoms with Gasteiger partial charge >= 0.3 is 12.1 Å². The molecule has 0 aliphatic heterocycles. The summed E-state index contributed by atoms with van der Waals surface area (Å²) in [4.78, 5) is 11.4. The number of aryl methyl sites for hydroxylation is 1. The summed E-state index contributed by atoms with van der Waals surface area (Å²) < 4.78 is 45.6. The van der Waals surface area contributed by atoms with Crippen LogP contribution in [0.15, 0.2) is 36.4 Å². The number of aliphatic hydroxyl groups is 1. The quantitative estimate of drug-likeness (QED) is 0.449. The van der Waals surface area contributed by atoms with Crippen molar-refractivity contribution in [3.63, 3.8) is 0 Å². The summed E-state index contributed by atoms with van der Waals surface area (Å²) >= 11 is 0. The number of carbonyl (C=O) groups excluding carboxylic acids is 1. The fraction of sp³-hybridized carbons (Fsp3) is 0.526. The second kappa shape index (κ2) is 11.6. The summed E-state index contributed by atoms with van der Waals surface area (Å²) in [5.74, 6) is -0.435. The van der Waals surface area contributed by atoms with E-state index in [0.29, 0.717) is 12.8 Å². The molecule has 3 N–H and O–H groups in total. The number of nitrogens with two attached hydrogens (primary N) is 1. The molecule has 0 fully saturated rings. The van der Waals surface area contributed by atoms with Crippen LogP contribution in [0.1, 0.15) is 31.7 Å². The molecule has 1 aromatic carbocycles. The Balaban J connectivity index is 2.26.